The van der Waals surface area contributed by atoms with Crippen LogP contribution in [0.15, 0.2) is 24.3 Å². The number of rotatable bonds is 3. The van der Waals surface area contributed by atoms with Gasteiger partial charge in [-0.25, -0.2) is 0 Å². The number of carbonyl (C=O) groups excluding carboxylic acids is 1. The molecule has 0 aliphatic heterocycles. The fourth-order valence-corrected chi connectivity index (χ4v) is 1.33. The van der Waals surface area contributed by atoms with Gasteiger partial charge in [0.25, 0.3) is 0 Å². The maximum Gasteiger partial charge on any atom is 0.140 e. The highest BCUT2D eigenvalue weighted by Gasteiger charge is 2.18. The zero-order chi connectivity index (χ0) is 10.8. The van der Waals surface area contributed by atoms with Gasteiger partial charge in [-0.1, -0.05) is 47.5 Å². The predicted octanol–water partition coefficient (Wildman–Crippen LogP) is 1.63. The summed E-state index contributed by atoms with van der Waals surface area (Å²) in [5.74, 6) is -1.10. The molecule has 2 nitrogen and oxygen atoms in total. The minimum absolute atomic E-state index is 0.0957. The molecule has 76 valence electrons. The van der Waals surface area contributed by atoms with Crippen LogP contribution in [-0.4, -0.2) is 5.97 Å². The number of alkyl halides is 2. The Morgan fingerprint density at radius 3 is 2.21 bits per heavy atom. The number of carboxylic acids is 1. The van der Waals surface area contributed by atoms with Crippen molar-refractivity contribution < 1.29 is 9.90 Å². The summed E-state index contributed by atoms with van der Waals surface area (Å²) < 4.78 is -0.944. The van der Waals surface area contributed by atoms with Crippen molar-refractivity contribution in [3.63, 3.8) is 0 Å². The third-order valence-corrected chi connectivity index (χ3v) is 2.25. The molecule has 1 rings (SSSR count). The predicted molar refractivity (Wildman–Crippen MR) is 54.2 cm³/mol. The number of carboxylic acid groups (broad SMARTS) is 1. The molecule has 0 radical (unpaired) electrons. The lowest BCUT2D eigenvalue weighted by atomic mass is 10.1. The van der Waals surface area contributed by atoms with Crippen LogP contribution in [0.4, 0.5) is 0 Å². The van der Waals surface area contributed by atoms with Gasteiger partial charge in [-0.2, -0.15) is 0 Å². The Hall–Kier alpha value is -0.730. The van der Waals surface area contributed by atoms with Gasteiger partial charge in [0.2, 0.25) is 0 Å². The quantitative estimate of drug-likeness (QED) is 0.743. The molecule has 0 fully saturated rings. The Morgan fingerprint density at radius 2 is 1.86 bits per heavy atom. The Labute approximate surface area is 92.5 Å². The third-order valence-electron chi connectivity index (χ3n) is 1.81. The minimum atomic E-state index is -1.10. The van der Waals surface area contributed by atoms with Crippen LogP contribution in [-0.2, 0) is 15.5 Å². The molecule has 0 saturated heterocycles. The molecule has 0 spiro atoms. The summed E-state index contributed by atoms with van der Waals surface area (Å²) in [7, 11) is 0. The molecule has 1 aromatic carbocycles. The van der Waals surface area contributed by atoms with Gasteiger partial charge >= 0.3 is 0 Å². The van der Waals surface area contributed by atoms with Crippen molar-refractivity contribution in [2.24, 2.45) is 0 Å². The van der Waals surface area contributed by atoms with E-state index >= 15 is 0 Å². The first-order chi connectivity index (χ1) is 6.39. The second kappa shape index (κ2) is 4.20. The zero-order valence-electron chi connectivity index (χ0n) is 7.59. The van der Waals surface area contributed by atoms with Crippen LogP contribution in [0.25, 0.3) is 0 Å². The van der Waals surface area contributed by atoms with Crippen molar-refractivity contribution in [1.29, 1.82) is 0 Å². The van der Waals surface area contributed by atoms with E-state index in [-0.39, 0.29) is 6.42 Å². The van der Waals surface area contributed by atoms with Crippen LogP contribution in [0.5, 0.6) is 0 Å². The van der Waals surface area contributed by atoms with E-state index < -0.39 is 10.3 Å². The van der Waals surface area contributed by atoms with E-state index in [1.807, 2.05) is 0 Å². The summed E-state index contributed by atoms with van der Waals surface area (Å²) in [6.45, 7) is 1.66. The molecule has 14 heavy (non-hydrogen) atoms. The topological polar surface area (TPSA) is 40.1 Å². The van der Waals surface area contributed by atoms with Crippen LogP contribution >= 0.6 is 23.2 Å². The number of aliphatic carboxylic acids is 1. The summed E-state index contributed by atoms with van der Waals surface area (Å²) in [6.07, 6.45) is -0.0957. The van der Waals surface area contributed by atoms with Gasteiger partial charge in [0.15, 0.2) is 0 Å². The summed E-state index contributed by atoms with van der Waals surface area (Å²) in [5, 5.41) is 10.3. The fraction of sp³-hybridized carbons (Fsp3) is 0.300. The normalized spacial score (nSPS) is 11.4. The lowest BCUT2D eigenvalue weighted by molar-refractivity contribution is -0.304. The molecule has 4 heteroatoms. The van der Waals surface area contributed by atoms with Crippen LogP contribution in [0.2, 0.25) is 0 Å². The second-order valence-electron chi connectivity index (χ2n) is 3.13. The monoisotopic (exact) mass is 231 g/mol. The van der Waals surface area contributed by atoms with Crippen LogP contribution in [0.1, 0.15) is 18.1 Å². The van der Waals surface area contributed by atoms with Gasteiger partial charge in [-0.05, 0) is 18.1 Å². The van der Waals surface area contributed by atoms with E-state index in [1.54, 1.807) is 31.2 Å². The van der Waals surface area contributed by atoms with Crippen molar-refractivity contribution in [2.45, 2.75) is 17.7 Å². The highest BCUT2D eigenvalue weighted by Crippen LogP contribution is 2.32. The molecular formula is C10H9Cl2O2-. The summed E-state index contributed by atoms with van der Waals surface area (Å²) in [5.41, 5.74) is 1.41. The average Bonchev–Trinajstić information content (AvgIpc) is 2.02. The number of hydrogen-bond donors (Lipinski definition) is 0. The molecule has 0 saturated carbocycles. The molecule has 0 N–H and O–H groups in total. The molecule has 0 aliphatic rings. The van der Waals surface area contributed by atoms with E-state index in [0.717, 1.165) is 5.56 Å². The van der Waals surface area contributed by atoms with Crippen molar-refractivity contribution in [1.82, 2.24) is 0 Å². The highest BCUT2D eigenvalue weighted by molar-refractivity contribution is 6.47. The van der Waals surface area contributed by atoms with E-state index in [4.69, 9.17) is 23.2 Å². The molecule has 0 aliphatic carbocycles. The van der Waals surface area contributed by atoms with Crippen molar-refractivity contribution in [2.75, 3.05) is 0 Å². The first-order valence-corrected chi connectivity index (χ1v) is 4.82. The van der Waals surface area contributed by atoms with Gasteiger partial charge in [0.05, 0.1) is 0 Å². The molecule has 0 bridgehead atoms. The first kappa shape index (κ1) is 11.3. The van der Waals surface area contributed by atoms with Crippen molar-refractivity contribution >= 4 is 29.2 Å². The van der Waals surface area contributed by atoms with E-state index in [0.29, 0.717) is 5.56 Å². The maximum absolute atomic E-state index is 10.3. The Balaban J connectivity index is 2.84. The largest absolute Gasteiger partial charge is 0.550 e. The average molecular weight is 232 g/mol. The maximum atomic E-state index is 10.3. The third kappa shape index (κ3) is 3.20. The second-order valence-corrected chi connectivity index (χ2v) is 4.84. The smallest absolute Gasteiger partial charge is 0.140 e. The summed E-state index contributed by atoms with van der Waals surface area (Å²) in [6, 6.07) is 6.76. The van der Waals surface area contributed by atoms with Crippen molar-refractivity contribution in [3.8, 4) is 0 Å². The fourth-order valence-electron chi connectivity index (χ4n) is 1.08. The number of benzene rings is 1. The Kier molecular flexibility index (Phi) is 3.40. The highest BCUT2D eigenvalue weighted by atomic mass is 35.5. The van der Waals surface area contributed by atoms with Gasteiger partial charge in [-0.15, -0.1) is 0 Å². The van der Waals surface area contributed by atoms with Gasteiger partial charge in [-0.3, -0.25) is 0 Å². The first-order valence-electron chi connectivity index (χ1n) is 4.06. The van der Waals surface area contributed by atoms with Gasteiger partial charge in [0, 0.05) is 12.4 Å². The number of hydrogen-bond acceptors (Lipinski definition) is 2. The Morgan fingerprint density at radius 1 is 1.36 bits per heavy atom. The van der Waals surface area contributed by atoms with E-state index in [9.17, 15) is 9.90 Å². The van der Waals surface area contributed by atoms with Gasteiger partial charge < -0.3 is 9.90 Å². The number of halogens is 2. The molecule has 0 atom stereocenters. The molecule has 0 heterocycles. The van der Waals surface area contributed by atoms with E-state index in [2.05, 4.69) is 0 Å². The summed E-state index contributed by atoms with van der Waals surface area (Å²) >= 11 is 11.7. The standard InChI is InChI=1S/C10H10Cl2O2/c1-10(11,12)8-4-2-7(3-5-8)6-9(13)14/h2-5H,6H2,1H3,(H,13,14)/p-1. The Bertz CT molecular complexity index is 325. The van der Waals surface area contributed by atoms with Gasteiger partial charge in [0.1, 0.15) is 4.33 Å². The lowest BCUT2D eigenvalue weighted by Gasteiger charge is -2.14. The summed E-state index contributed by atoms with van der Waals surface area (Å²) in [4.78, 5) is 10.3. The van der Waals surface area contributed by atoms with Crippen LogP contribution in [0, 0.1) is 0 Å². The minimum Gasteiger partial charge on any atom is -0.550 e. The molecule has 0 aromatic heterocycles. The van der Waals surface area contributed by atoms with Crippen LogP contribution in [0.3, 0.4) is 0 Å². The molecular weight excluding hydrogens is 223 g/mol. The SMILES string of the molecule is CC(Cl)(Cl)c1ccc(CC(=O)[O-])cc1. The van der Waals surface area contributed by atoms with Crippen molar-refractivity contribution in [3.05, 3.63) is 35.4 Å². The number of carbonyl (C=O) groups is 1. The molecule has 0 amide bonds. The lowest BCUT2D eigenvalue weighted by Crippen LogP contribution is -2.24. The van der Waals surface area contributed by atoms with Crippen LogP contribution < -0.4 is 5.11 Å². The molecule has 1 aromatic rings. The van der Waals surface area contributed by atoms with E-state index in [1.165, 1.54) is 0 Å². The molecule has 0 unspecified atom stereocenters. The zero-order valence-corrected chi connectivity index (χ0v) is 9.10.